The highest BCUT2D eigenvalue weighted by Gasteiger charge is 2.28. The van der Waals surface area contributed by atoms with Crippen LogP contribution in [0.1, 0.15) is 35.2 Å². The second kappa shape index (κ2) is 4.34. The molecule has 0 atom stereocenters. The Labute approximate surface area is 108 Å². The van der Waals surface area contributed by atoms with E-state index in [1.54, 1.807) is 0 Å². The van der Waals surface area contributed by atoms with Gasteiger partial charge in [-0.3, -0.25) is 9.89 Å². The summed E-state index contributed by atoms with van der Waals surface area (Å²) < 4.78 is 13.1. The lowest BCUT2D eigenvalue weighted by molar-refractivity contribution is 0.101. The minimum atomic E-state index is -0.513. The van der Waals surface area contributed by atoms with Crippen LogP contribution in [0.4, 0.5) is 15.8 Å². The monoisotopic (exact) mass is 261 g/mol. The van der Waals surface area contributed by atoms with Crippen LogP contribution in [0.25, 0.3) is 0 Å². The number of benzene rings is 1. The SMILES string of the molecule is Nc1ccc(F)cc1NC(=O)c1n[nH]c(C2CC2)n1. The topological polar surface area (TPSA) is 96.7 Å². The van der Waals surface area contributed by atoms with Gasteiger partial charge < -0.3 is 11.1 Å². The van der Waals surface area contributed by atoms with Gasteiger partial charge in [-0.2, -0.15) is 0 Å². The molecule has 1 heterocycles. The smallest absolute Gasteiger partial charge is 0.295 e. The Bertz CT molecular complexity index is 635. The van der Waals surface area contributed by atoms with Gasteiger partial charge in [0.2, 0.25) is 5.82 Å². The van der Waals surface area contributed by atoms with Crippen LogP contribution in [0.15, 0.2) is 18.2 Å². The Hall–Kier alpha value is -2.44. The molecule has 1 fully saturated rings. The summed E-state index contributed by atoms with van der Waals surface area (Å²) >= 11 is 0. The minimum Gasteiger partial charge on any atom is -0.397 e. The molecule has 6 nitrogen and oxygen atoms in total. The van der Waals surface area contributed by atoms with Gasteiger partial charge in [0.15, 0.2) is 0 Å². The largest absolute Gasteiger partial charge is 0.397 e. The van der Waals surface area contributed by atoms with Crippen LogP contribution in [0, 0.1) is 5.82 Å². The van der Waals surface area contributed by atoms with E-state index in [4.69, 9.17) is 5.73 Å². The molecule has 0 unspecified atom stereocenters. The number of aromatic amines is 1. The summed E-state index contributed by atoms with van der Waals surface area (Å²) in [6.07, 6.45) is 2.13. The van der Waals surface area contributed by atoms with E-state index in [1.165, 1.54) is 12.1 Å². The van der Waals surface area contributed by atoms with Crippen molar-refractivity contribution in [3.63, 3.8) is 0 Å². The van der Waals surface area contributed by atoms with Crippen molar-refractivity contribution in [1.29, 1.82) is 0 Å². The molecule has 1 aromatic heterocycles. The predicted molar refractivity (Wildman–Crippen MR) is 67.1 cm³/mol. The van der Waals surface area contributed by atoms with Crippen molar-refractivity contribution in [2.45, 2.75) is 18.8 Å². The van der Waals surface area contributed by atoms with Gasteiger partial charge in [0.05, 0.1) is 11.4 Å². The molecule has 0 bridgehead atoms. The van der Waals surface area contributed by atoms with Crippen LogP contribution in [0.3, 0.4) is 0 Å². The summed E-state index contributed by atoms with van der Waals surface area (Å²) in [7, 11) is 0. The number of nitrogens with zero attached hydrogens (tertiary/aromatic N) is 2. The lowest BCUT2D eigenvalue weighted by atomic mass is 10.2. The second-order valence-corrected chi connectivity index (χ2v) is 4.50. The number of carbonyl (C=O) groups is 1. The van der Waals surface area contributed by atoms with Crippen LogP contribution in [0.5, 0.6) is 0 Å². The predicted octanol–water partition coefficient (Wildman–Crippen LogP) is 1.66. The maximum Gasteiger partial charge on any atom is 0.295 e. The van der Waals surface area contributed by atoms with Crippen LogP contribution < -0.4 is 11.1 Å². The van der Waals surface area contributed by atoms with Gasteiger partial charge in [-0.25, -0.2) is 9.37 Å². The van der Waals surface area contributed by atoms with Gasteiger partial charge in [0.25, 0.3) is 5.91 Å². The second-order valence-electron chi connectivity index (χ2n) is 4.50. The fraction of sp³-hybridized carbons (Fsp3) is 0.250. The van der Waals surface area contributed by atoms with E-state index in [2.05, 4.69) is 20.5 Å². The Morgan fingerprint density at radius 1 is 1.47 bits per heavy atom. The number of hydrogen-bond acceptors (Lipinski definition) is 4. The summed E-state index contributed by atoms with van der Waals surface area (Å²) in [5.74, 6) is 0.148. The van der Waals surface area contributed by atoms with Crippen molar-refractivity contribution in [1.82, 2.24) is 15.2 Å². The van der Waals surface area contributed by atoms with Crippen molar-refractivity contribution in [2.75, 3.05) is 11.1 Å². The van der Waals surface area contributed by atoms with E-state index in [9.17, 15) is 9.18 Å². The zero-order valence-corrected chi connectivity index (χ0v) is 9.98. The van der Waals surface area contributed by atoms with E-state index in [0.717, 1.165) is 24.7 Å². The van der Waals surface area contributed by atoms with Crippen LogP contribution in [-0.4, -0.2) is 21.1 Å². The maximum atomic E-state index is 13.1. The number of rotatable bonds is 3. The van der Waals surface area contributed by atoms with Crippen LogP contribution in [0.2, 0.25) is 0 Å². The first-order valence-corrected chi connectivity index (χ1v) is 5.92. The normalized spacial score (nSPS) is 14.4. The number of anilines is 2. The number of nitrogens with two attached hydrogens (primary N) is 1. The average Bonchev–Trinajstić information content (AvgIpc) is 3.11. The zero-order valence-electron chi connectivity index (χ0n) is 9.98. The van der Waals surface area contributed by atoms with Crippen LogP contribution in [-0.2, 0) is 0 Å². The number of halogens is 1. The van der Waals surface area contributed by atoms with Gasteiger partial charge in [0, 0.05) is 5.92 Å². The number of carbonyl (C=O) groups excluding carboxylic acids is 1. The Morgan fingerprint density at radius 2 is 2.26 bits per heavy atom. The quantitative estimate of drug-likeness (QED) is 0.732. The first-order chi connectivity index (χ1) is 9.13. The molecule has 0 spiro atoms. The molecule has 4 N–H and O–H groups in total. The number of H-pyrrole nitrogens is 1. The number of hydrogen-bond donors (Lipinski definition) is 3. The third-order valence-corrected chi connectivity index (χ3v) is 2.93. The number of nitrogens with one attached hydrogen (secondary N) is 2. The summed E-state index contributed by atoms with van der Waals surface area (Å²) in [6.45, 7) is 0. The minimum absolute atomic E-state index is 0.0329. The lowest BCUT2D eigenvalue weighted by Gasteiger charge is -2.05. The first kappa shape index (κ1) is 11.6. The molecular formula is C12H12FN5O. The van der Waals surface area contributed by atoms with E-state index in [-0.39, 0.29) is 17.2 Å². The standard InChI is InChI=1S/C12H12FN5O/c13-7-3-4-8(14)9(5-7)15-12(19)11-16-10(17-18-11)6-1-2-6/h3-6H,1-2,14H2,(H,15,19)(H,16,17,18). The van der Waals surface area contributed by atoms with Crippen molar-refractivity contribution < 1.29 is 9.18 Å². The summed E-state index contributed by atoms with van der Waals surface area (Å²) in [6, 6.07) is 3.77. The van der Waals surface area contributed by atoms with E-state index >= 15 is 0 Å². The van der Waals surface area contributed by atoms with Gasteiger partial charge >= 0.3 is 0 Å². The molecule has 1 amide bonds. The summed E-state index contributed by atoms with van der Waals surface area (Å²) in [4.78, 5) is 16.0. The van der Waals surface area contributed by atoms with E-state index in [0.29, 0.717) is 5.92 Å². The lowest BCUT2D eigenvalue weighted by Crippen LogP contribution is -2.15. The zero-order chi connectivity index (χ0) is 13.4. The number of nitrogen functional groups attached to an aromatic ring is 1. The highest BCUT2D eigenvalue weighted by molar-refractivity contribution is 6.03. The summed E-state index contributed by atoms with van der Waals surface area (Å²) in [5.41, 5.74) is 6.15. The fourth-order valence-electron chi connectivity index (χ4n) is 1.73. The molecule has 1 aliphatic carbocycles. The van der Waals surface area contributed by atoms with Gasteiger partial charge in [-0.1, -0.05) is 0 Å². The molecule has 1 aliphatic rings. The number of amides is 1. The van der Waals surface area contributed by atoms with E-state index in [1.807, 2.05) is 0 Å². The average molecular weight is 261 g/mol. The summed E-state index contributed by atoms with van der Waals surface area (Å²) in [5, 5.41) is 9.07. The van der Waals surface area contributed by atoms with E-state index < -0.39 is 11.7 Å². The van der Waals surface area contributed by atoms with Gasteiger partial charge in [-0.05, 0) is 31.0 Å². The Morgan fingerprint density at radius 3 is 3.00 bits per heavy atom. The fourth-order valence-corrected chi connectivity index (χ4v) is 1.73. The Kier molecular flexibility index (Phi) is 2.66. The maximum absolute atomic E-state index is 13.1. The van der Waals surface area contributed by atoms with Crippen molar-refractivity contribution in [3.05, 3.63) is 35.7 Å². The first-order valence-electron chi connectivity index (χ1n) is 5.92. The molecule has 1 aromatic carbocycles. The molecule has 98 valence electrons. The molecule has 0 aliphatic heterocycles. The van der Waals surface area contributed by atoms with Crippen molar-refractivity contribution in [2.24, 2.45) is 0 Å². The molecule has 7 heteroatoms. The number of aromatic nitrogens is 3. The highest BCUT2D eigenvalue weighted by Crippen LogP contribution is 2.37. The van der Waals surface area contributed by atoms with Crippen molar-refractivity contribution in [3.8, 4) is 0 Å². The molecule has 1 saturated carbocycles. The third-order valence-electron chi connectivity index (χ3n) is 2.93. The molecule has 2 aromatic rings. The van der Waals surface area contributed by atoms with Crippen molar-refractivity contribution >= 4 is 17.3 Å². The third kappa shape index (κ3) is 2.40. The molecule has 0 radical (unpaired) electrons. The van der Waals surface area contributed by atoms with Crippen LogP contribution >= 0.6 is 0 Å². The molecule has 3 rings (SSSR count). The van der Waals surface area contributed by atoms with Gasteiger partial charge in [-0.15, -0.1) is 5.10 Å². The molecule has 19 heavy (non-hydrogen) atoms. The Balaban J connectivity index is 1.77. The highest BCUT2D eigenvalue weighted by atomic mass is 19.1. The van der Waals surface area contributed by atoms with Gasteiger partial charge in [0.1, 0.15) is 11.6 Å². The molecule has 0 saturated heterocycles. The molecular weight excluding hydrogens is 249 g/mol.